The highest BCUT2D eigenvalue weighted by molar-refractivity contribution is 5.90. The summed E-state index contributed by atoms with van der Waals surface area (Å²) in [5, 5.41) is 0. The molecule has 0 fully saturated rings. The van der Waals surface area contributed by atoms with E-state index in [9.17, 15) is 22.8 Å². The van der Waals surface area contributed by atoms with E-state index in [2.05, 4.69) is 4.74 Å². The lowest BCUT2D eigenvalue weighted by Crippen LogP contribution is -2.44. The Morgan fingerprint density at radius 1 is 1.17 bits per heavy atom. The summed E-state index contributed by atoms with van der Waals surface area (Å²) in [5.41, 5.74) is 0.315. The fourth-order valence-electron chi connectivity index (χ4n) is 3.54. The van der Waals surface area contributed by atoms with Gasteiger partial charge in [0.15, 0.2) is 0 Å². The molecule has 0 radical (unpaired) electrons. The van der Waals surface area contributed by atoms with E-state index in [1.165, 1.54) is 18.1 Å². The van der Waals surface area contributed by atoms with Gasteiger partial charge in [0.05, 0.1) is 25.0 Å². The molecule has 29 heavy (non-hydrogen) atoms. The van der Waals surface area contributed by atoms with E-state index in [1.54, 1.807) is 0 Å². The number of hydrogen-bond donors (Lipinski definition) is 0. The molecule has 0 bridgehead atoms. The molecule has 0 N–H and O–H groups in total. The summed E-state index contributed by atoms with van der Waals surface area (Å²) in [6.07, 6.45) is 0.278. The third kappa shape index (κ3) is 6.37. The first-order chi connectivity index (χ1) is 13.8. The van der Waals surface area contributed by atoms with Crippen LogP contribution < -0.4 is 4.90 Å². The van der Waals surface area contributed by atoms with Crippen molar-refractivity contribution in [2.75, 3.05) is 18.6 Å². The Labute approximate surface area is 169 Å². The maximum Gasteiger partial charge on any atom is 0.416 e. The number of esters is 1. The van der Waals surface area contributed by atoms with Crippen molar-refractivity contribution < 1.29 is 32.2 Å². The Morgan fingerprint density at radius 3 is 2.55 bits per heavy atom. The van der Waals surface area contributed by atoms with E-state index in [4.69, 9.17) is 4.74 Å². The number of anilines is 1. The van der Waals surface area contributed by atoms with Crippen molar-refractivity contribution >= 4 is 17.7 Å². The molecule has 1 aliphatic rings. The second-order valence-electron chi connectivity index (χ2n) is 7.17. The number of hydrogen-bond acceptors (Lipinski definition) is 4. The normalized spacial score (nSPS) is 16.3. The molecule has 1 aliphatic heterocycles. The largest absolute Gasteiger partial charge is 0.469 e. The van der Waals surface area contributed by atoms with Crippen LogP contribution in [0.1, 0.15) is 63.0 Å². The molecular formula is C21H28F3NO4. The first-order valence-electron chi connectivity index (χ1n) is 10.0. The van der Waals surface area contributed by atoms with Crippen LogP contribution in [0.15, 0.2) is 18.2 Å². The number of nitrogens with zero attached hydrogens (tertiary/aromatic N) is 1. The molecule has 1 heterocycles. The summed E-state index contributed by atoms with van der Waals surface area (Å²) in [4.78, 5) is 25.2. The maximum absolute atomic E-state index is 13.0. The van der Waals surface area contributed by atoms with Gasteiger partial charge in [0.1, 0.15) is 0 Å². The van der Waals surface area contributed by atoms with Crippen molar-refractivity contribution in [2.45, 2.75) is 70.5 Å². The Kier molecular flexibility index (Phi) is 8.34. The fraction of sp³-hybridized carbons (Fsp3) is 0.619. The standard InChI is InChI=1S/C21H28F3NO4/c1-3-17-11-9-15-14-16(21(22,23)24)10-12-18(15)25(17)20(27)29-13-7-5-4-6-8-19(26)28-2/h10,12,14,17H,3-9,11,13H2,1-2H3. The minimum atomic E-state index is -4.41. The summed E-state index contributed by atoms with van der Waals surface area (Å²) in [6.45, 7) is 2.18. The highest BCUT2D eigenvalue weighted by Gasteiger charge is 2.35. The molecule has 0 aliphatic carbocycles. The second kappa shape index (κ2) is 10.5. The first-order valence-corrected chi connectivity index (χ1v) is 10.0. The molecule has 1 aromatic rings. The number of fused-ring (bicyclic) bond motifs is 1. The zero-order valence-corrected chi connectivity index (χ0v) is 16.9. The van der Waals surface area contributed by atoms with E-state index >= 15 is 0 Å². The summed E-state index contributed by atoms with van der Waals surface area (Å²) in [7, 11) is 1.36. The average molecular weight is 415 g/mol. The topological polar surface area (TPSA) is 55.8 Å². The van der Waals surface area contributed by atoms with Gasteiger partial charge in [0.25, 0.3) is 0 Å². The fourth-order valence-corrected chi connectivity index (χ4v) is 3.54. The zero-order chi connectivity index (χ0) is 21.4. The smallest absolute Gasteiger partial charge is 0.416 e. The van der Waals surface area contributed by atoms with Crippen LogP contribution in [0.25, 0.3) is 0 Å². The van der Waals surface area contributed by atoms with Crippen LogP contribution in [0.4, 0.5) is 23.7 Å². The third-order valence-electron chi connectivity index (χ3n) is 5.17. The quantitative estimate of drug-likeness (QED) is 0.416. The molecule has 1 aromatic carbocycles. The van der Waals surface area contributed by atoms with Crippen molar-refractivity contribution in [3.8, 4) is 0 Å². The van der Waals surface area contributed by atoms with Gasteiger partial charge in [-0.1, -0.05) is 19.8 Å². The van der Waals surface area contributed by atoms with Crippen LogP contribution in [0.5, 0.6) is 0 Å². The highest BCUT2D eigenvalue weighted by Crippen LogP contribution is 2.37. The Hall–Kier alpha value is -2.25. The van der Waals surface area contributed by atoms with Gasteiger partial charge in [0, 0.05) is 12.5 Å². The lowest BCUT2D eigenvalue weighted by molar-refractivity contribution is -0.140. The van der Waals surface area contributed by atoms with Crippen LogP contribution in [0, 0.1) is 0 Å². The average Bonchev–Trinajstić information content (AvgIpc) is 2.70. The van der Waals surface area contributed by atoms with Gasteiger partial charge in [-0.25, -0.2) is 4.79 Å². The van der Waals surface area contributed by atoms with E-state index in [0.717, 1.165) is 31.4 Å². The van der Waals surface area contributed by atoms with Gasteiger partial charge in [-0.05, 0) is 55.9 Å². The van der Waals surface area contributed by atoms with Gasteiger partial charge in [-0.3, -0.25) is 9.69 Å². The Balaban J connectivity index is 1.92. The number of rotatable bonds is 8. The lowest BCUT2D eigenvalue weighted by atomic mass is 9.93. The number of methoxy groups -OCH3 is 1. The summed E-state index contributed by atoms with van der Waals surface area (Å²) < 4.78 is 48.9. The Morgan fingerprint density at radius 2 is 1.90 bits per heavy atom. The molecule has 0 saturated carbocycles. The molecule has 8 heteroatoms. The van der Waals surface area contributed by atoms with Gasteiger partial charge >= 0.3 is 18.2 Å². The van der Waals surface area contributed by atoms with Crippen molar-refractivity contribution in [3.63, 3.8) is 0 Å². The van der Waals surface area contributed by atoms with Gasteiger partial charge < -0.3 is 9.47 Å². The number of unbranched alkanes of at least 4 members (excludes halogenated alkanes) is 3. The molecule has 5 nitrogen and oxygen atoms in total. The van der Waals surface area contributed by atoms with Crippen LogP contribution in [0.3, 0.4) is 0 Å². The Bertz CT molecular complexity index is 706. The predicted octanol–water partition coefficient (Wildman–Crippen LogP) is 5.50. The molecule has 2 rings (SSSR count). The number of alkyl halides is 3. The third-order valence-corrected chi connectivity index (χ3v) is 5.17. The zero-order valence-electron chi connectivity index (χ0n) is 16.9. The maximum atomic E-state index is 13.0. The predicted molar refractivity (Wildman–Crippen MR) is 103 cm³/mol. The molecule has 162 valence electrons. The second-order valence-corrected chi connectivity index (χ2v) is 7.17. The van der Waals surface area contributed by atoms with Crippen molar-refractivity contribution in [2.24, 2.45) is 0 Å². The minimum Gasteiger partial charge on any atom is -0.469 e. The van der Waals surface area contributed by atoms with Gasteiger partial charge in [-0.2, -0.15) is 13.2 Å². The van der Waals surface area contributed by atoms with E-state index in [-0.39, 0.29) is 18.6 Å². The summed E-state index contributed by atoms with van der Waals surface area (Å²) in [5.74, 6) is -0.237. The minimum absolute atomic E-state index is 0.0909. The number of amides is 1. The number of aryl methyl sites for hydroxylation is 1. The van der Waals surface area contributed by atoms with Crippen LogP contribution in [-0.4, -0.2) is 31.8 Å². The van der Waals surface area contributed by atoms with Crippen LogP contribution >= 0.6 is 0 Å². The molecule has 0 saturated heterocycles. The van der Waals surface area contributed by atoms with Crippen molar-refractivity contribution in [3.05, 3.63) is 29.3 Å². The van der Waals surface area contributed by atoms with Crippen LogP contribution in [-0.2, 0) is 26.9 Å². The summed E-state index contributed by atoms with van der Waals surface area (Å²) >= 11 is 0. The first kappa shape index (κ1) is 23.0. The molecule has 0 spiro atoms. The van der Waals surface area contributed by atoms with Gasteiger partial charge in [0.2, 0.25) is 0 Å². The van der Waals surface area contributed by atoms with Crippen molar-refractivity contribution in [1.82, 2.24) is 0 Å². The number of carbonyl (C=O) groups excluding carboxylic acids is 2. The summed E-state index contributed by atoms with van der Waals surface area (Å²) in [6, 6.07) is 3.42. The van der Waals surface area contributed by atoms with E-state index < -0.39 is 17.8 Å². The number of ether oxygens (including phenoxy) is 2. The molecule has 0 aromatic heterocycles. The van der Waals surface area contributed by atoms with E-state index in [1.807, 2.05) is 6.92 Å². The number of carbonyl (C=O) groups is 2. The van der Waals surface area contributed by atoms with E-state index in [0.29, 0.717) is 43.4 Å². The molecular weight excluding hydrogens is 387 g/mol. The van der Waals surface area contributed by atoms with Crippen LogP contribution in [0.2, 0.25) is 0 Å². The molecule has 1 atom stereocenters. The highest BCUT2D eigenvalue weighted by atomic mass is 19.4. The van der Waals surface area contributed by atoms with Crippen molar-refractivity contribution in [1.29, 1.82) is 0 Å². The van der Waals surface area contributed by atoms with Gasteiger partial charge in [-0.15, -0.1) is 0 Å². The number of benzene rings is 1. The lowest BCUT2D eigenvalue weighted by Gasteiger charge is -2.36. The number of halogens is 3. The SMILES string of the molecule is CCC1CCc2cc(C(F)(F)F)ccc2N1C(=O)OCCCCCCC(=O)OC. The monoisotopic (exact) mass is 415 g/mol. The molecule has 1 unspecified atom stereocenters. The molecule has 1 amide bonds.